The summed E-state index contributed by atoms with van der Waals surface area (Å²) in [5.74, 6) is 0.515. The van der Waals surface area contributed by atoms with Gasteiger partial charge in [-0.05, 0) is 18.4 Å². The molecule has 6 nitrogen and oxygen atoms in total. The van der Waals surface area contributed by atoms with Gasteiger partial charge >= 0.3 is 5.69 Å². The topological polar surface area (TPSA) is 73.1 Å². The zero-order chi connectivity index (χ0) is 16.8. The van der Waals surface area contributed by atoms with Gasteiger partial charge < -0.3 is 9.88 Å². The first-order chi connectivity index (χ1) is 11.0. The normalized spacial score (nSPS) is 15.9. The molecule has 1 aliphatic carbocycles. The molecule has 1 fully saturated rings. The third-order valence-corrected chi connectivity index (χ3v) is 4.46. The van der Waals surface area contributed by atoms with E-state index in [-0.39, 0.29) is 11.6 Å². The molecule has 23 heavy (non-hydrogen) atoms. The Labute approximate surface area is 135 Å². The smallest absolute Gasteiger partial charge is 0.330 e. The van der Waals surface area contributed by atoms with Crippen LogP contribution in [0, 0.1) is 5.92 Å². The van der Waals surface area contributed by atoms with Gasteiger partial charge in [0.15, 0.2) is 0 Å². The Morgan fingerprint density at radius 2 is 1.96 bits per heavy atom. The van der Waals surface area contributed by atoms with E-state index in [9.17, 15) is 14.4 Å². The summed E-state index contributed by atoms with van der Waals surface area (Å²) >= 11 is 0. The fourth-order valence-electron chi connectivity index (χ4n) is 3.05. The van der Waals surface area contributed by atoms with Crippen LogP contribution in [0.2, 0.25) is 0 Å². The molecule has 0 atom stereocenters. The van der Waals surface area contributed by atoms with Gasteiger partial charge in [-0.2, -0.15) is 0 Å². The molecule has 0 saturated heterocycles. The summed E-state index contributed by atoms with van der Waals surface area (Å²) in [4.78, 5) is 35.4. The van der Waals surface area contributed by atoms with E-state index >= 15 is 0 Å². The van der Waals surface area contributed by atoms with Crippen molar-refractivity contribution in [1.29, 1.82) is 0 Å². The molecule has 0 spiro atoms. The van der Waals surface area contributed by atoms with E-state index in [2.05, 4.69) is 5.32 Å². The molecule has 6 heteroatoms. The highest BCUT2D eigenvalue weighted by Gasteiger charge is 2.12. The van der Waals surface area contributed by atoms with E-state index in [1.807, 2.05) is 0 Å². The summed E-state index contributed by atoms with van der Waals surface area (Å²) in [6.07, 6.45) is 11.7. The number of carbonyl (C=O) groups excluding carboxylic acids is 1. The number of aromatic nitrogens is 2. The van der Waals surface area contributed by atoms with Crippen molar-refractivity contribution in [3.8, 4) is 0 Å². The number of aryl methyl sites for hydroxylation is 1. The Balaban J connectivity index is 1.88. The molecule has 0 radical (unpaired) electrons. The highest BCUT2D eigenvalue weighted by atomic mass is 16.2. The maximum absolute atomic E-state index is 11.9. The summed E-state index contributed by atoms with van der Waals surface area (Å²) in [5.41, 5.74) is -0.472. The quantitative estimate of drug-likeness (QED) is 0.828. The van der Waals surface area contributed by atoms with E-state index in [1.54, 1.807) is 7.05 Å². The number of carbonyl (C=O) groups is 1. The molecule has 0 aliphatic heterocycles. The van der Waals surface area contributed by atoms with E-state index in [0.717, 1.165) is 16.9 Å². The summed E-state index contributed by atoms with van der Waals surface area (Å²) in [6.45, 7) is 0.666. The van der Waals surface area contributed by atoms with Crippen molar-refractivity contribution in [2.45, 2.75) is 38.5 Å². The Hall–Kier alpha value is -2.11. The van der Waals surface area contributed by atoms with Crippen LogP contribution in [-0.4, -0.2) is 21.6 Å². The fourth-order valence-corrected chi connectivity index (χ4v) is 3.05. The van der Waals surface area contributed by atoms with Crippen molar-refractivity contribution in [2.24, 2.45) is 20.0 Å². The molecule has 1 aliphatic rings. The maximum atomic E-state index is 11.9. The standard InChI is InChI=1S/C17H25N3O3/c1-19-12-14(16(22)20(2)17(19)23)8-9-15(21)18-11-10-13-6-4-3-5-7-13/h8-9,12-13H,3-7,10-11H2,1-2H3,(H,18,21)/b9-8+. The average molecular weight is 319 g/mol. The van der Waals surface area contributed by atoms with E-state index in [4.69, 9.17) is 0 Å². The molecule has 126 valence electrons. The predicted octanol–water partition coefficient (Wildman–Crippen LogP) is 1.18. The van der Waals surface area contributed by atoms with Crippen molar-refractivity contribution in [3.05, 3.63) is 38.7 Å². The van der Waals surface area contributed by atoms with Gasteiger partial charge in [0, 0.05) is 32.9 Å². The van der Waals surface area contributed by atoms with Gasteiger partial charge in [0.25, 0.3) is 5.56 Å². The number of nitrogens with zero attached hydrogens (tertiary/aromatic N) is 2. The molecule has 1 aromatic heterocycles. The zero-order valence-electron chi connectivity index (χ0n) is 13.9. The first kappa shape index (κ1) is 17.2. The summed E-state index contributed by atoms with van der Waals surface area (Å²) in [7, 11) is 3.00. The van der Waals surface area contributed by atoms with Crippen LogP contribution >= 0.6 is 0 Å². The molecule has 1 aromatic rings. The monoisotopic (exact) mass is 319 g/mol. The third-order valence-electron chi connectivity index (χ3n) is 4.46. The Bertz CT molecular complexity index is 694. The van der Waals surface area contributed by atoms with Crippen molar-refractivity contribution in [1.82, 2.24) is 14.5 Å². The van der Waals surface area contributed by atoms with Gasteiger partial charge in [-0.15, -0.1) is 0 Å². The molecule has 0 bridgehead atoms. The summed E-state index contributed by atoms with van der Waals surface area (Å²) in [5, 5.41) is 2.86. The fraction of sp³-hybridized carbons (Fsp3) is 0.588. The van der Waals surface area contributed by atoms with Crippen molar-refractivity contribution < 1.29 is 4.79 Å². The van der Waals surface area contributed by atoms with E-state index < -0.39 is 5.56 Å². The van der Waals surface area contributed by atoms with Gasteiger partial charge in [0.1, 0.15) is 0 Å². The number of nitrogens with one attached hydrogen (secondary N) is 1. The number of hydrogen-bond acceptors (Lipinski definition) is 3. The second kappa shape index (κ2) is 7.94. The lowest BCUT2D eigenvalue weighted by molar-refractivity contribution is -0.116. The minimum absolute atomic E-state index is 0.211. The largest absolute Gasteiger partial charge is 0.353 e. The average Bonchev–Trinajstić information content (AvgIpc) is 2.56. The van der Waals surface area contributed by atoms with Crippen molar-refractivity contribution >= 4 is 12.0 Å². The van der Waals surface area contributed by atoms with E-state index in [1.165, 1.54) is 62.1 Å². The third kappa shape index (κ3) is 4.68. The molecule has 0 unspecified atom stereocenters. The molecular formula is C17H25N3O3. The summed E-state index contributed by atoms with van der Waals surface area (Å²) in [6, 6.07) is 0. The van der Waals surface area contributed by atoms with Gasteiger partial charge in [-0.1, -0.05) is 32.1 Å². The van der Waals surface area contributed by atoms with E-state index in [0.29, 0.717) is 12.1 Å². The molecule has 0 aromatic carbocycles. The lowest BCUT2D eigenvalue weighted by atomic mass is 9.87. The van der Waals surface area contributed by atoms with Gasteiger partial charge in [-0.25, -0.2) is 4.79 Å². The van der Waals surface area contributed by atoms with Crippen LogP contribution in [0.15, 0.2) is 21.9 Å². The van der Waals surface area contributed by atoms with Crippen LogP contribution in [0.5, 0.6) is 0 Å². The second-order valence-corrected chi connectivity index (χ2v) is 6.26. The van der Waals surface area contributed by atoms with Crippen LogP contribution in [0.1, 0.15) is 44.1 Å². The zero-order valence-corrected chi connectivity index (χ0v) is 13.9. The SMILES string of the molecule is Cn1cc(/C=C/C(=O)NCCC2CCCCC2)c(=O)n(C)c1=O. The Morgan fingerprint density at radius 1 is 1.26 bits per heavy atom. The van der Waals surface area contributed by atoms with Crippen LogP contribution in [0.3, 0.4) is 0 Å². The minimum atomic E-state index is -0.403. The highest BCUT2D eigenvalue weighted by Crippen LogP contribution is 2.25. The van der Waals surface area contributed by atoms with Gasteiger partial charge in [-0.3, -0.25) is 14.2 Å². The first-order valence-corrected chi connectivity index (χ1v) is 8.21. The molecule has 1 saturated carbocycles. The molecular weight excluding hydrogens is 294 g/mol. The maximum Gasteiger partial charge on any atom is 0.330 e. The Morgan fingerprint density at radius 3 is 2.65 bits per heavy atom. The summed E-state index contributed by atoms with van der Waals surface area (Å²) < 4.78 is 2.35. The number of rotatable bonds is 5. The lowest BCUT2D eigenvalue weighted by Gasteiger charge is -2.21. The van der Waals surface area contributed by atoms with Crippen LogP contribution < -0.4 is 16.6 Å². The molecule has 2 rings (SSSR count). The van der Waals surface area contributed by atoms with Crippen molar-refractivity contribution in [3.63, 3.8) is 0 Å². The minimum Gasteiger partial charge on any atom is -0.353 e. The highest BCUT2D eigenvalue weighted by molar-refractivity contribution is 5.91. The van der Waals surface area contributed by atoms with Gasteiger partial charge in [0.2, 0.25) is 5.91 Å². The molecule has 1 heterocycles. The molecule has 1 amide bonds. The van der Waals surface area contributed by atoms with Crippen LogP contribution in [0.4, 0.5) is 0 Å². The number of hydrogen-bond donors (Lipinski definition) is 1. The number of amides is 1. The molecule has 1 N–H and O–H groups in total. The lowest BCUT2D eigenvalue weighted by Crippen LogP contribution is -2.37. The first-order valence-electron chi connectivity index (χ1n) is 8.21. The predicted molar refractivity (Wildman–Crippen MR) is 90.2 cm³/mol. The van der Waals surface area contributed by atoms with Gasteiger partial charge in [0.05, 0.1) is 5.56 Å². The second-order valence-electron chi connectivity index (χ2n) is 6.26. The van der Waals surface area contributed by atoms with Crippen molar-refractivity contribution in [2.75, 3.05) is 6.54 Å². The van der Waals surface area contributed by atoms with Crippen LogP contribution in [0.25, 0.3) is 6.08 Å². The Kier molecular flexibility index (Phi) is 5.96. The van der Waals surface area contributed by atoms with Crippen LogP contribution in [-0.2, 0) is 18.9 Å².